The summed E-state index contributed by atoms with van der Waals surface area (Å²) in [5, 5.41) is 2.13. The molecular formula is C15H17N3O2S. The van der Waals surface area contributed by atoms with E-state index < -0.39 is 5.97 Å². The number of hydrogen-bond donors (Lipinski definition) is 1. The van der Waals surface area contributed by atoms with Gasteiger partial charge in [0, 0.05) is 11.4 Å². The fourth-order valence-electron chi connectivity index (χ4n) is 2.72. The smallest absolute Gasteiger partial charge is 0.340 e. The number of anilines is 2. The Morgan fingerprint density at radius 1 is 1.57 bits per heavy atom. The zero-order valence-electron chi connectivity index (χ0n) is 12.0. The Morgan fingerprint density at radius 2 is 2.38 bits per heavy atom. The fraction of sp³-hybridized carbons (Fsp3) is 0.333. The molecule has 1 unspecified atom stereocenters. The van der Waals surface area contributed by atoms with E-state index in [9.17, 15) is 4.79 Å². The van der Waals surface area contributed by atoms with Crippen LogP contribution < -0.4 is 10.6 Å². The van der Waals surface area contributed by atoms with E-state index in [1.54, 1.807) is 17.4 Å². The van der Waals surface area contributed by atoms with Crippen molar-refractivity contribution in [3.63, 3.8) is 0 Å². The normalized spacial score (nSPS) is 17.4. The Labute approximate surface area is 127 Å². The Kier molecular flexibility index (Phi) is 3.55. The third-order valence-corrected chi connectivity index (χ3v) is 4.89. The first-order chi connectivity index (χ1) is 10.1. The molecule has 0 fully saturated rings. The average molecular weight is 303 g/mol. The van der Waals surface area contributed by atoms with E-state index in [1.165, 1.54) is 23.7 Å². The highest BCUT2D eigenvalue weighted by atomic mass is 32.1. The van der Waals surface area contributed by atoms with Crippen molar-refractivity contribution in [3.05, 3.63) is 39.7 Å². The van der Waals surface area contributed by atoms with Crippen LogP contribution in [0.1, 0.15) is 33.8 Å². The number of esters is 1. The molecule has 5 nitrogen and oxygen atoms in total. The molecule has 3 rings (SSSR count). The van der Waals surface area contributed by atoms with E-state index >= 15 is 0 Å². The number of thiophene rings is 1. The molecule has 2 N–H and O–H groups in total. The number of hydrogen-bond acceptors (Lipinski definition) is 6. The second-order valence-electron chi connectivity index (χ2n) is 5.04. The van der Waals surface area contributed by atoms with Crippen molar-refractivity contribution in [1.82, 2.24) is 4.98 Å². The number of aromatic nitrogens is 1. The molecule has 0 aliphatic carbocycles. The molecule has 2 aromatic heterocycles. The summed E-state index contributed by atoms with van der Waals surface area (Å²) in [6.07, 6.45) is 2.52. The van der Waals surface area contributed by atoms with Crippen LogP contribution in [0.2, 0.25) is 0 Å². The van der Waals surface area contributed by atoms with Crippen molar-refractivity contribution in [2.24, 2.45) is 0 Å². The van der Waals surface area contributed by atoms with Gasteiger partial charge in [-0.3, -0.25) is 0 Å². The van der Waals surface area contributed by atoms with Crippen LogP contribution in [-0.4, -0.2) is 24.6 Å². The second kappa shape index (κ2) is 5.37. The molecule has 0 aromatic carbocycles. The molecule has 21 heavy (non-hydrogen) atoms. The number of carbonyl (C=O) groups is 1. The van der Waals surface area contributed by atoms with Crippen molar-refractivity contribution in [3.8, 4) is 0 Å². The van der Waals surface area contributed by atoms with Crippen LogP contribution in [0.15, 0.2) is 23.7 Å². The van der Waals surface area contributed by atoms with Crippen LogP contribution in [0.3, 0.4) is 0 Å². The average Bonchev–Trinajstić information content (AvgIpc) is 2.97. The molecule has 2 aromatic rings. The van der Waals surface area contributed by atoms with Gasteiger partial charge in [0.2, 0.25) is 0 Å². The van der Waals surface area contributed by atoms with Gasteiger partial charge < -0.3 is 15.4 Å². The summed E-state index contributed by atoms with van der Waals surface area (Å²) in [5.74, 6) is 0.325. The van der Waals surface area contributed by atoms with Crippen molar-refractivity contribution in [2.75, 3.05) is 24.3 Å². The molecule has 6 heteroatoms. The molecule has 0 amide bonds. The molecule has 110 valence electrons. The van der Waals surface area contributed by atoms with Gasteiger partial charge in [0.05, 0.1) is 30.6 Å². The summed E-state index contributed by atoms with van der Waals surface area (Å²) in [6.45, 7) is 3.03. The Bertz CT molecular complexity index is 683. The number of nitrogen functional groups attached to an aromatic ring is 1. The van der Waals surface area contributed by atoms with E-state index in [0.717, 1.165) is 18.8 Å². The fourth-order valence-corrected chi connectivity index (χ4v) is 3.68. The highest BCUT2D eigenvalue weighted by Gasteiger charge is 2.26. The van der Waals surface area contributed by atoms with E-state index in [0.29, 0.717) is 11.3 Å². The summed E-state index contributed by atoms with van der Waals surface area (Å²) < 4.78 is 4.77. The first-order valence-electron chi connectivity index (χ1n) is 6.78. The first kappa shape index (κ1) is 13.9. The van der Waals surface area contributed by atoms with Gasteiger partial charge in [-0.25, -0.2) is 9.78 Å². The third kappa shape index (κ3) is 2.35. The zero-order valence-corrected chi connectivity index (χ0v) is 12.8. The molecule has 0 spiro atoms. The molecule has 1 aliphatic rings. The van der Waals surface area contributed by atoms with Gasteiger partial charge in [0.25, 0.3) is 0 Å². The van der Waals surface area contributed by atoms with Crippen molar-refractivity contribution in [1.29, 1.82) is 0 Å². The molecule has 0 saturated heterocycles. The highest BCUT2D eigenvalue weighted by Crippen LogP contribution is 2.35. The monoisotopic (exact) mass is 303 g/mol. The van der Waals surface area contributed by atoms with Gasteiger partial charge in [0.1, 0.15) is 5.82 Å². The molecule has 1 atom stereocenters. The van der Waals surface area contributed by atoms with Crippen LogP contribution >= 0.6 is 11.3 Å². The summed E-state index contributed by atoms with van der Waals surface area (Å²) in [7, 11) is 1.35. The topological polar surface area (TPSA) is 68.5 Å². The lowest BCUT2D eigenvalue weighted by atomic mass is 10.0. The predicted molar refractivity (Wildman–Crippen MR) is 83.8 cm³/mol. The lowest BCUT2D eigenvalue weighted by molar-refractivity contribution is 0.0602. The van der Waals surface area contributed by atoms with Gasteiger partial charge in [-0.15, -0.1) is 11.3 Å². The standard InChI is InChI=1S/C15H17N3O2S/c1-9-10-4-6-21-13(10)3-5-18(9)14-7-11(15(19)20-2)12(16)8-17-14/h4,6-9H,3,5,16H2,1-2H3. The first-order valence-corrected chi connectivity index (χ1v) is 7.66. The van der Waals surface area contributed by atoms with Crippen molar-refractivity contribution >= 4 is 28.8 Å². The summed E-state index contributed by atoms with van der Waals surface area (Å²) in [4.78, 5) is 19.8. The van der Waals surface area contributed by atoms with Crippen LogP contribution in [0, 0.1) is 0 Å². The minimum absolute atomic E-state index is 0.238. The number of nitrogens with two attached hydrogens (primary N) is 1. The number of methoxy groups -OCH3 is 1. The summed E-state index contributed by atoms with van der Waals surface area (Å²) >= 11 is 1.80. The Hall–Kier alpha value is -2.08. The molecule has 0 bridgehead atoms. The van der Waals surface area contributed by atoms with Crippen LogP contribution in [-0.2, 0) is 11.2 Å². The van der Waals surface area contributed by atoms with Crippen LogP contribution in [0.4, 0.5) is 11.5 Å². The number of pyridine rings is 1. The third-order valence-electron chi connectivity index (χ3n) is 3.90. The molecule has 1 aliphatic heterocycles. The number of rotatable bonds is 2. The van der Waals surface area contributed by atoms with E-state index in [1.807, 2.05) is 0 Å². The number of nitrogens with zero attached hydrogens (tertiary/aromatic N) is 2. The summed E-state index contributed by atoms with van der Waals surface area (Å²) in [5.41, 5.74) is 7.85. The van der Waals surface area contributed by atoms with Gasteiger partial charge in [-0.05, 0) is 36.4 Å². The lowest BCUT2D eigenvalue weighted by Crippen LogP contribution is -2.33. The van der Waals surface area contributed by atoms with Crippen LogP contribution in [0.5, 0.6) is 0 Å². The van der Waals surface area contributed by atoms with Crippen LogP contribution in [0.25, 0.3) is 0 Å². The number of fused-ring (bicyclic) bond motifs is 1. The minimum atomic E-state index is -0.433. The largest absolute Gasteiger partial charge is 0.465 e. The van der Waals surface area contributed by atoms with Gasteiger partial charge >= 0.3 is 5.97 Å². The van der Waals surface area contributed by atoms with Gasteiger partial charge in [0.15, 0.2) is 0 Å². The second-order valence-corrected chi connectivity index (χ2v) is 6.04. The molecule has 3 heterocycles. The van der Waals surface area contributed by atoms with E-state index in [4.69, 9.17) is 10.5 Å². The molecular weight excluding hydrogens is 286 g/mol. The van der Waals surface area contributed by atoms with Crippen molar-refractivity contribution in [2.45, 2.75) is 19.4 Å². The van der Waals surface area contributed by atoms with Crippen molar-refractivity contribution < 1.29 is 9.53 Å². The predicted octanol–water partition coefficient (Wildman–Crippen LogP) is 2.64. The summed E-state index contributed by atoms with van der Waals surface area (Å²) in [6, 6.07) is 4.12. The van der Waals surface area contributed by atoms with E-state index in [-0.39, 0.29) is 6.04 Å². The van der Waals surface area contributed by atoms with E-state index in [2.05, 4.69) is 28.3 Å². The van der Waals surface area contributed by atoms with Gasteiger partial charge in [-0.2, -0.15) is 0 Å². The maximum atomic E-state index is 11.8. The number of ether oxygens (including phenoxy) is 1. The Balaban J connectivity index is 1.96. The Morgan fingerprint density at radius 3 is 3.14 bits per heavy atom. The maximum absolute atomic E-state index is 11.8. The lowest BCUT2D eigenvalue weighted by Gasteiger charge is -2.34. The highest BCUT2D eigenvalue weighted by molar-refractivity contribution is 7.10. The SMILES string of the molecule is COC(=O)c1cc(N2CCc3sccc3C2C)ncc1N. The molecule has 0 radical (unpaired) electrons. The van der Waals surface area contributed by atoms with Gasteiger partial charge in [-0.1, -0.05) is 0 Å². The maximum Gasteiger partial charge on any atom is 0.340 e. The molecule has 0 saturated carbocycles. The minimum Gasteiger partial charge on any atom is -0.465 e. The zero-order chi connectivity index (χ0) is 15.0. The quantitative estimate of drug-likeness (QED) is 0.864. The number of carbonyl (C=O) groups excluding carboxylic acids is 1.